The number of anilines is 4. The number of amides is 1. The molecule has 2 aliphatic carbocycles. The summed E-state index contributed by atoms with van der Waals surface area (Å²) in [4.78, 5) is 23.2. The molecule has 3 fully saturated rings. The van der Waals surface area contributed by atoms with E-state index in [1.165, 1.54) is 0 Å². The zero-order valence-electron chi connectivity index (χ0n) is 22.3. The van der Waals surface area contributed by atoms with Crippen LogP contribution < -0.4 is 20.3 Å². The number of carbonyl (C=O) groups excluding carboxylic acids is 1. The van der Waals surface area contributed by atoms with Crippen molar-refractivity contribution in [2.24, 2.45) is 5.92 Å². The molecule has 0 atom stereocenters. The van der Waals surface area contributed by atoms with E-state index in [0.717, 1.165) is 90.1 Å². The Morgan fingerprint density at radius 3 is 2.48 bits per heavy atom. The number of aromatic amines is 1. The van der Waals surface area contributed by atoms with Crippen LogP contribution in [0, 0.1) is 5.92 Å². The van der Waals surface area contributed by atoms with Gasteiger partial charge in [0, 0.05) is 47.5 Å². The highest BCUT2D eigenvalue weighted by Crippen LogP contribution is 2.42. The molecule has 1 aliphatic heterocycles. The number of nitrogens with zero attached hydrogens (tertiary/aromatic N) is 4. The van der Waals surface area contributed by atoms with Gasteiger partial charge in [-0.3, -0.25) is 9.89 Å². The molecular formula is C29H32ClN7O2S. The van der Waals surface area contributed by atoms with Gasteiger partial charge in [0.2, 0.25) is 5.91 Å². The number of hydrogen-bond acceptors (Lipinski definition) is 8. The zero-order valence-corrected chi connectivity index (χ0v) is 23.9. The third-order valence-electron chi connectivity index (χ3n) is 7.12. The molecule has 3 N–H and O–H groups in total. The summed E-state index contributed by atoms with van der Waals surface area (Å²) in [7, 11) is 1.62. The van der Waals surface area contributed by atoms with Crippen molar-refractivity contribution in [2.75, 3.05) is 47.2 Å². The maximum atomic E-state index is 11.4. The highest BCUT2D eigenvalue weighted by atomic mass is 35.5. The van der Waals surface area contributed by atoms with Gasteiger partial charge in [0.05, 0.1) is 12.6 Å². The number of nitrogens with one attached hydrogen (secondary N) is 3. The Balaban J connectivity index is 0.000000175. The van der Waals surface area contributed by atoms with Crippen LogP contribution in [0.4, 0.5) is 23.1 Å². The Labute approximate surface area is 242 Å². The number of fused-ring (bicyclic) bond motifs is 1. The second-order valence-corrected chi connectivity index (χ2v) is 11.8. The molecule has 1 saturated heterocycles. The van der Waals surface area contributed by atoms with Crippen LogP contribution in [0.15, 0.2) is 48.5 Å². The van der Waals surface area contributed by atoms with Gasteiger partial charge in [-0.2, -0.15) is 16.9 Å². The van der Waals surface area contributed by atoms with Crippen molar-refractivity contribution in [1.29, 1.82) is 0 Å². The number of H-pyrrole nitrogens is 1. The molecule has 208 valence electrons. The van der Waals surface area contributed by atoms with E-state index in [0.29, 0.717) is 16.8 Å². The monoisotopic (exact) mass is 577 g/mol. The van der Waals surface area contributed by atoms with Crippen LogP contribution in [0.25, 0.3) is 10.9 Å². The predicted octanol–water partition coefficient (Wildman–Crippen LogP) is 6.22. The fourth-order valence-electron chi connectivity index (χ4n) is 4.48. The maximum absolute atomic E-state index is 11.4. The topological polar surface area (TPSA) is 108 Å². The standard InChI is InChI=1S/C18H19ClN6S.C11H13NO2/c19-14-17(21-16-12-3-1-2-4-13(12)23-24-16)20-15(11-5-6-11)22-18(14)25-7-9-26-10-8-25;1-14-10-6-4-9(5-7-10)12-11(13)8-2-3-8/h1-4,11H,5-10H2,(H2,20,21,22,23,24);4-8H,2-3H2,1H3,(H,12,13). The van der Waals surface area contributed by atoms with Crippen molar-refractivity contribution in [2.45, 2.75) is 31.6 Å². The van der Waals surface area contributed by atoms with E-state index in [9.17, 15) is 4.79 Å². The van der Waals surface area contributed by atoms with Crippen LogP contribution >= 0.6 is 23.4 Å². The van der Waals surface area contributed by atoms with Crippen LogP contribution in [0.2, 0.25) is 5.02 Å². The summed E-state index contributed by atoms with van der Waals surface area (Å²) in [5.74, 6) is 6.98. The molecule has 2 saturated carbocycles. The summed E-state index contributed by atoms with van der Waals surface area (Å²) in [5.41, 5.74) is 1.82. The van der Waals surface area contributed by atoms with Gasteiger partial charge in [-0.1, -0.05) is 23.7 Å². The van der Waals surface area contributed by atoms with Crippen LogP contribution in [0.3, 0.4) is 0 Å². The lowest BCUT2D eigenvalue weighted by molar-refractivity contribution is -0.117. The maximum Gasteiger partial charge on any atom is 0.227 e. The molecule has 0 bridgehead atoms. The van der Waals surface area contributed by atoms with Gasteiger partial charge in [-0.05, 0) is 62.1 Å². The normalized spacial score (nSPS) is 16.7. The molecule has 0 radical (unpaired) electrons. The minimum atomic E-state index is 0.134. The SMILES string of the molecule is COc1ccc(NC(=O)C2CC2)cc1.Clc1c(Nc2n[nH]c3ccccc23)nc(C2CC2)nc1N1CCSCC1. The minimum Gasteiger partial charge on any atom is -0.497 e. The average Bonchev–Trinajstić information content (AvgIpc) is 3.93. The van der Waals surface area contributed by atoms with Crippen LogP contribution in [0.5, 0.6) is 5.75 Å². The number of ether oxygens (including phenoxy) is 1. The molecule has 2 aromatic carbocycles. The number of para-hydroxylation sites is 1. The molecular weight excluding hydrogens is 546 g/mol. The van der Waals surface area contributed by atoms with E-state index in [1.807, 2.05) is 60.3 Å². The minimum absolute atomic E-state index is 0.134. The first-order valence-corrected chi connectivity index (χ1v) is 15.2. The highest BCUT2D eigenvalue weighted by Gasteiger charge is 2.31. The number of rotatable bonds is 7. The first kappa shape index (κ1) is 26.7. The first-order chi connectivity index (χ1) is 19.6. The lowest BCUT2D eigenvalue weighted by Crippen LogP contribution is -2.33. The quantitative estimate of drug-likeness (QED) is 0.237. The lowest BCUT2D eigenvalue weighted by Gasteiger charge is -2.29. The fourth-order valence-corrected chi connectivity index (χ4v) is 5.63. The lowest BCUT2D eigenvalue weighted by atomic mass is 10.2. The Morgan fingerprint density at radius 1 is 1.02 bits per heavy atom. The Morgan fingerprint density at radius 2 is 1.77 bits per heavy atom. The van der Waals surface area contributed by atoms with Crippen molar-refractivity contribution >= 4 is 63.3 Å². The van der Waals surface area contributed by atoms with Crippen molar-refractivity contribution in [1.82, 2.24) is 20.2 Å². The smallest absolute Gasteiger partial charge is 0.227 e. The van der Waals surface area contributed by atoms with E-state index in [1.54, 1.807) is 7.11 Å². The van der Waals surface area contributed by atoms with E-state index in [4.69, 9.17) is 26.3 Å². The molecule has 40 heavy (non-hydrogen) atoms. The molecule has 11 heteroatoms. The number of thioether (sulfide) groups is 1. The van der Waals surface area contributed by atoms with Crippen molar-refractivity contribution in [3.05, 3.63) is 59.4 Å². The van der Waals surface area contributed by atoms with E-state index < -0.39 is 0 Å². The third kappa shape index (κ3) is 6.28. The van der Waals surface area contributed by atoms with Gasteiger partial charge in [0.25, 0.3) is 0 Å². The highest BCUT2D eigenvalue weighted by molar-refractivity contribution is 7.99. The Bertz CT molecular complexity index is 1480. The van der Waals surface area contributed by atoms with Crippen molar-refractivity contribution < 1.29 is 9.53 Å². The Kier molecular flexibility index (Phi) is 7.97. The van der Waals surface area contributed by atoms with Crippen LogP contribution in [-0.2, 0) is 4.79 Å². The molecule has 0 unspecified atom stereocenters. The largest absolute Gasteiger partial charge is 0.497 e. The molecule has 7 rings (SSSR count). The number of aromatic nitrogens is 4. The first-order valence-electron chi connectivity index (χ1n) is 13.6. The molecule has 4 aromatic rings. The molecule has 2 aromatic heterocycles. The number of halogens is 1. The fraction of sp³-hybridized carbons (Fsp3) is 0.379. The van der Waals surface area contributed by atoms with E-state index >= 15 is 0 Å². The predicted molar refractivity (Wildman–Crippen MR) is 162 cm³/mol. The summed E-state index contributed by atoms with van der Waals surface area (Å²) in [6, 6.07) is 15.4. The molecule has 0 spiro atoms. The summed E-state index contributed by atoms with van der Waals surface area (Å²) in [6.45, 7) is 1.94. The third-order valence-corrected chi connectivity index (χ3v) is 8.41. The second kappa shape index (κ2) is 11.9. The molecule has 1 amide bonds. The number of benzene rings is 2. The number of carbonyl (C=O) groups is 1. The van der Waals surface area contributed by atoms with Gasteiger partial charge in [-0.15, -0.1) is 0 Å². The summed E-state index contributed by atoms with van der Waals surface area (Å²) >= 11 is 8.71. The van der Waals surface area contributed by atoms with Crippen LogP contribution in [0.1, 0.15) is 37.4 Å². The summed E-state index contributed by atoms with van der Waals surface area (Å²) < 4.78 is 5.02. The van der Waals surface area contributed by atoms with Crippen molar-refractivity contribution in [3.8, 4) is 5.75 Å². The molecule has 9 nitrogen and oxygen atoms in total. The summed E-state index contributed by atoms with van der Waals surface area (Å²) in [6.07, 6.45) is 4.37. The molecule has 3 aliphatic rings. The molecule has 3 heterocycles. The van der Waals surface area contributed by atoms with Crippen molar-refractivity contribution in [3.63, 3.8) is 0 Å². The Hall–Kier alpha value is -3.50. The van der Waals surface area contributed by atoms with Gasteiger partial charge < -0.3 is 20.3 Å². The van der Waals surface area contributed by atoms with Gasteiger partial charge >= 0.3 is 0 Å². The van der Waals surface area contributed by atoms with E-state index in [2.05, 4.69) is 25.7 Å². The van der Waals surface area contributed by atoms with Gasteiger partial charge in [-0.25, -0.2) is 9.97 Å². The zero-order chi connectivity index (χ0) is 27.5. The van der Waals surface area contributed by atoms with Gasteiger partial charge in [0.15, 0.2) is 17.5 Å². The number of methoxy groups -OCH3 is 1. The van der Waals surface area contributed by atoms with E-state index in [-0.39, 0.29) is 11.8 Å². The average molecular weight is 578 g/mol. The summed E-state index contributed by atoms with van der Waals surface area (Å²) in [5, 5.41) is 15.2. The van der Waals surface area contributed by atoms with Crippen LogP contribution in [-0.4, -0.2) is 57.8 Å². The second-order valence-electron chi connectivity index (χ2n) is 10.2. The van der Waals surface area contributed by atoms with Gasteiger partial charge in [0.1, 0.15) is 16.6 Å². The number of hydrogen-bond donors (Lipinski definition) is 3.